The maximum Gasteiger partial charge on any atom is 0.243 e. The minimum atomic E-state index is -0.397. The Morgan fingerprint density at radius 1 is 1.30 bits per heavy atom. The number of rotatable bonds is 6. The van der Waals surface area contributed by atoms with Gasteiger partial charge in [0.25, 0.3) is 0 Å². The lowest BCUT2D eigenvalue weighted by Crippen LogP contribution is -2.54. The van der Waals surface area contributed by atoms with Crippen molar-refractivity contribution in [1.82, 2.24) is 15.5 Å². The van der Waals surface area contributed by atoms with Crippen LogP contribution in [-0.2, 0) is 22.6 Å². The van der Waals surface area contributed by atoms with Crippen LogP contribution >= 0.6 is 0 Å². The minimum Gasteiger partial charge on any atom is -0.354 e. The number of fused-ring (bicyclic) bond motifs is 1. The van der Waals surface area contributed by atoms with E-state index in [-0.39, 0.29) is 17.7 Å². The molecule has 3 unspecified atom stereocenters. The Balaban J connectivity index is 1.65. The molecule has 2 heterocycles. The fraction of sp³-hybridized carbons (Fsp3) is 0.636. The smallest absolute Gasteiger partial charge is 0.243 e. The molecule has 0 aliphatic carbocycles. The van der Waals surface area contributed by atoms with Gasteiger partial charge in [-0.2, -0.15) is 0 Å². The Labute approximate surface area is 162 Å². The van der Waals surface area contributed by atoms with Crippen molar-refractivity contribution < 1.29 is 9.59 Å². The molecule has 2 aliphatic heterocycles. The zero-order chi connectivity index (χ0) is 19.2. The van der Waals surface area contributed by atoms with E-state index in [1.807, 2.05) is 26.0 Å². The quantitative estimate of drug-likeness (QED) is 0.808. The molecule has 1 aromatic carbocycles. The summed E-state index contributed by atoms with van der Waals surface area (Å²) in [6.07, 6.45) is 4.85. The zero-order valence-corrected chi connectivity index (χ0v) is 16.7. The summed E-state index contributed by atoms with van der Waals surface area (Å²) in [6.45, 7) is 7.35. The summed E-state index contributed by atoms with van der Waals surface area (Å²) >= 11 is 0. The highest BCUT2D eigenvalue weighted by Crippen LogP contribution is 2.25. The van der Waals surface area contributed by atoms with Crippen molar-refractivity contribution in [3.63, 3.8) is 0 Å². The highest BCUT2D eigenvalue weighted by molar-refractivity contribution is 5.89. The van der Waals surface area contributed by atoms with Gasteiger partial charge >= 0.3 is 0 Å². The van der Waals surface area contributed by atoms with Crippen LogP contribution in [0.4, 0.5) is 0 Å². The first-order valence-electron chi connectivity index (χ1n) is 10.5. The topological polar surface area (TPSA) is 61.4 Å². The number of piperidine rings is 1. The SMILES string of the molecule is CCC(C)C(=O)N1Cc2ccccc2CC1C(=O)NCCC1CCCNC1. The second kappa shape index (κ2) is 9.36. The lowest BCUT2D eigenvalue weighted by Gasteiger charge is -2.37. The van der Waals surface area contributed by atoms with E-state index in [2.05, 4.69) is 22.8 Å². The van der Waals surface area contributed by atoms with Crippen LogP contribution in [0, 0.1) is 11.8 Å². The van der Waals surface area contributed by atoms with Gasteiger partial charge in [-0.3, -0.25) is 9.59 Å². The Kier molecular flexibility index (Phi) is 6.89. The highest BCUT2D eigenvalue weighted by atomic mass is 16.2. The van der Waals surface area contributed by atoms with Crippen molar-refractivity contribution in [3.8, 4) is 0 Å². The lowest BCUT2D eigenvalue weighted by atomic mass is 9.91. The molecule has 0 saturated carbocycles. The molecule has 3 atom stereocenters. The minimum absolute atomic E-state index is 0.00933. The van der Waals surface area contributed by atoms with Gasteiger partial charge in [0.15, 0.2) is 0 Å². The van der Waals surface area contributed by atoms with Crippen LogP contribution in [-0.4, -0.2) is 42.4 Å². The van der Waals surface area contributed by atoms with Crippen LogP contribution in [0.3, 0.4) is 0 Å². The van der Waals surface area contributed by atoms with E-state index in [1.54, 1.807) is 4.90 Å². The average molecular weight is 372 g/mol. The maximum atomic E-state index is 13.0. The van der Waals surface area contributed by atoms with Gasteiger partial charge in [0.05, 0.1) is 0 Å². The third kappa shape index (κ3) is 4.89. The molecule has 1 saturated heterocycles. The van der Waals surface area contributed by atoms with Crippen LogP contribution in [0.2, 0.25) is 0 Å². The summed E-state index contributed by atoms with van der Waals surface area (Å²) in [5, 5.41) is 6.53. The lowest BCUT2D eigenvalue weighted by molar-refractivity contribution is -0.144. The Bertz CT molecular complexity index is 655. The molecule has 5 heteroatoms. The molecule has 5 nitrogen and oxygen atoms in total. The molecular weight excluding hydrogens is 338 g/mol. The van der Waals surface area contributed by atoms with Gasteiger partial charge in [-0.05, 0) is 55.8 Å². The van der Waals surface area contributed by atoms with Crippen LogP contribution in [0.5, 0.6) is 0 Å². The molecule has 0 radical (unpaired) electrons. The molecule has 3 rings (SSSR count). The summed E-state index contributed by atoms with van der Waals surface area (Å²) in [4.78, 5) is 27.7. The summed E-state index contributed by atoms with van der Waals surface area (Å²) < 4.78 is 0. The molecule has 2 amide bonds. The van der Waals surface area contributed by atoms with E-state index >= 15 is 0 Å². The van der Waals surface area contributed by atoms with E-state index in [0.29, 0.717) is 25.4 Å². The van der Waals surface area contributed by atoms with Crippen LogP contribution in [0.25, 0.3) is 0 Å². The Morgan fingerprint density at radius 3 is 2.78 bits per heavy atom. The molecule has 1 fully saturated rings. The number of carbonyl (C=O) groups is 2. The summed E-state index contributed by atoms with van der Waals surface area (Å²) in [7, 11) is 0. The van der Waals surface area contributed by atoms with Gasteiger partial charge in [0, 0.05) is 25.4 Å². The second-order valence-electron chi connectivity index (χ2n) is 8.06. The highest BCUT2D eigenvalue weighted by Gasteiger charge is 2.35. The van der Waals surface area contributed by atoms with Gasteiger partial charge in [-0.25, -0.2) is 0 Å². The van der Waals surface area contributed by atoms with Crippen molar-refractivity contribution in [2.75, 3.05) is 19.6 Å². The number of nitrogens with one attached hydrogen (secondary N) is 2. The normalized spacial score (nSPS) is 23.4. The molecule has 27 heavy (non-hydrogen) atoms. The summed E-state index contributed by atoms with van der Waals surface area (Å²) in [5.41, 5.74) is 2.34. The van der Waals surface area contributed by atoms with E-state index in [1.165, 1.54) is 18.4 Å². The van der Waals surface area contributed by atoms with Crippen molar-refractivity contribution in [2.45, 2.75) is 58.5 Å². The molecular formula is C22H33N3O2. The molecule has 1 aromatic rings. The Hall–Kier alpha value is -1.88. The summed E-state index contributed by atoms with van der Waals surface area (Å²) in [6, 6.07) is 7.76. The monoisotopic (exact) mass is 371 g/mol. The number of amides is 2. The third-order valence-electron chi connectivity index (χ3n) is 6.12. The predicted octanol–water partition coefficient (Wildman–Crippen LogP) is 2.49. The van der Waals surface area contributed by atoms with Gasteiger partial charge in [0.1, 0.15) is 6.04 Å². The van der Waals surface area contributed by atoms with Gasteiger partial charge in [-0.15, -0.1) is 0 Å². The molecule has 0 spiro atoms. The Morgan fingerprint density at radius 2 is 2.07 bits per heavy atom. The number of hydrogen-bond donors (Lipinski definition) is 2. The second-order valence-corrected chi connectivity index (χ2v) is 8.06. The van der Waals surface area contributed by atoms with Crippen LogP contribution < -0.4 is 10.6 Å². The van der Waals surface area contributed by atoms with Gasteiger partial charge in [-0.1, -0.05) is 38.1 Å². The van der Waals surface area contributed by atoms with E-state index in [0.717, 1.165) is 31.5 Å². The van der Waals surface area contributed by atoms with Crippen LogP contribution in [0.15, 0.2) is 24.3 Å². The van der Waals surface area contributed by atoms with Crippen molar-refractivity contribution in [1.29, 1.82) is 0 Å². The van der Waals surface area contributed by atoms with Gasteiger partial charge in [0.2, 0.25) is 11.8 Å². The van der Waals surface area contributed by atoms with E-state index in [9.17, 15) is 9.59 Å². The van der Waals surface area contributed by atoms with Crippen molar-refractivity contribution in [2.24, 2.45) is 11.8 Å². The van der Waals surface area contributed by atoms with E-state index in [4.69, 9.17) is 0 Å². The van der Waals surface area contributed by atoms with Crippen LogP contribution in [0.1, 0.15) is 50.7 Å². The molecule has 2 N–H and O–H groups in total. The largest absolute Gasteiger partial charge is 0.354 e. The molecule has 0 bridgehead atoms. The first-order valence-corrected chi connectivity index (χ1v) is 10.5. The average Bonchev–Trinajstić information content (AvgIpc) is 2.72. The van der Waals surface area contributed by atoms with E-state index < -0.39 is 6.04 Å². The standard InChI is InChI=1S/C22H33N3O2/c1-3-16(2)22(27)25-15-19-9-5-4-8-18(19)13-20(25)21(26)24-12-10-17-7-6-11-23-14-17/h4-5,8-9,16-17,20,23H,3,6-7,10-15H2,1-2H3,(H,24,26). The molecule has 148 valence electrons. The zero-order valence-electron chi connectivity index (χ0n) is 16.7. The fourth-order valence-electron chi connectivity index (χ4n) is 4.13. The number of nitrogens with zero attached hydrogens (tertiary/aromatic N) is 1. The number of hydrogen-bond acceptors (Lipinski definition) is 3. The van der Waals surface area contributed by atoms with Crippen molar-refractivity contribution >= 4 is 11.8 Å². The number of benzene rings is 1. The molecule has 2 aliphatic rings. The first kappa shape index (κ1) is 19.9. The summed E-state index contributed by atoms with van der Waals surface area (Å²) in [5.74, 6) is 0.663. The third-order valence-corrected chi connectivity index (χ3v) is 6.12. The van der Waals surface area contributed by atoms with Crippen molar-refractivity contribution in [3.05, 3.63) is 35.4 Å². The molecule has 0 aromatic heterocycles. The number of carbonyl (C=O) groups excluding carboxylic acids is 2. The predicted molar refractivity (Wildman–Crippen MR) is 107 cm³/mol. The maximum absolute atomic E-state index is 13.0. The first-order chi connectivity index (χ1) is 13.1. The fourth-order valence-corrected chi connectivity index (χ4v) is 4.13. The van der Waals surface area contributed by atoms with Gasteiger partial charge < -0.3 is 15.5 Å².